The van der Waals surface area contributed by atoms with Gasteiger partial charge in [0.05, 0.1) is 0 Å². The number of hydrogen-bond acceptors (Lipinski definition) is 1. The van der Waals surface area contributed by atoms with Gasteiger partial charge in [0, 0.05) is 6.10 Å². The van der Waals surface area contributed by atoms with Gasteiger partial charge in [-0.2, -0.15) is 0 Å². The number of allylic oxidation sites excluding steroid dienone is 4. The smallest absolute Gasteiger partial charge is 0.192 e. The van der Waals surface area contributed by atoms with Gasteiger partial charge in [0.1, 0.15) is 0 Å². The molecule has 0 aromatic rings. The molecule has 0 radical (unpaired) electrons. The highest BCUT2D eigenvalue weighted by molar-refractivity contribution is 6.73. The fourth-order valence-corrected chi connectivity index (χ4v) is 11.6. The van der Waals surface area contributed by atoms with E-state index in [9.17, 15) is 0 Å². The summed E-state index contributed by atoms with van der Waals surface area (Å²) < 4.78 is 6.92. The molecular weight excluding hydrogens is 464 g/mol. The quantitative estimate of drug-likeness (QED) is 0.230. The lowest BCUT2D eigenvalue weighted by atomic mass is 9.60. The minimum Gasteiger partial charge on any atom is -0.414 e. The lowest BCUT2D eigenvalue weighted by Crippen LogP contribution is -2.40. The molecule has 0 aromatic carbocycles. The van der Waals surface area contributed by atoms with E-state index in [1.54, 1.807) is 5.57 Å². The van der Waals surface area contributed by atoms with Gasteiger partial charge in [-0.25, -0.2) is 0 Å². The maximum atomic E-state index is 6.92. The highest BCUT2D eigenvalue weighted by atomic mass is 28.4. The van der Waals surface area contributed by atoms with Crippen molar-refractivity contribution in [1.29, 1.82) is 0 Å². The molecular formula is C35H62OSi. The SMILES string of the molecule is C=C1CC[C@H](O[Si](CC)(CC)CC)C/C1=C\C=C1/CCC[C@]2(C)[C@@H]([C@H](C)CC[C@@H](CC)C(C)C)CC[C@@H]12. The summed E-state index contributed by atoms with van der Waals surface area (Å²) in [6.07, 6.45) is 20.0. The maximum Gasteiger partial charge on any atom is 0.192 e. The van der Waals surface area contributed by atoms with Crippen molar-refractivity contribution in [2.45, 2.75) is 150 Å². The zero-order valence-corrected chi connectivity index (χ0v) is 27.1. The Balaban J connectivity index is 1.70. The average molecular weight is 527 g/mol. The van der Waals surface area contributed by atoms with E-state index in [0.29, 0.717) is 11.5 Å². The summed E-state index contributed by atoms with van der Waals surface area (Å²) in [5.74, 6) is 4.28. The number of fused-ring (bicyclic) bond motifs is 1. The van der Waals surface area contributed by atoms with Crippen LogP contribution in [-0.2, 0) is 4.43 Å². The summed E-state index contributed by atoms with van der Waals surface area (Å²) in [5.41, 5.74) is 5.09. The zero-order chi connectivity index (χ0) is 27.2. The van der Waals surface area contributed by atoms with Crippen molar-refractivity contribution in [3.8, 4) is 0 Å². The maximum absolute atomic E-state index is 6.92. The van der Waals surface area contributed by atoms with Crippen molar-refractivity contribution < 1.29 is 4.43 Å². The molecule has 0 unspecified atom stereocenters. The van der Waals surface area contributed by atoms with Gasteiger partial charge in [0.25, 0.3) is 0 Å². The Hall–Kier alpha value is -0.603. The van der Waals surface area contributed by atoms with Crippen molar-refractivity contribution in [1.82, 2.24) is 0 Å². The van der Waals surface area contributed by atoms with Crippen LogP contribution >= 0.6 is 0 Å². The Bertz CT molecular complexity index is 794. The first-order valence-corrected chi connectivity index (χ1v) is 18.9. The van der Waals surface area contributed by atoms with Gasteiger partial charge in [-0.05, 0) is 116 Å². The molecule has 3 rings (SSSR count). The van der Waals surface area contributed by atoms with E-state index in [1.807, 2.05) is 0 Å². The molecule has 6 atom stereocenters. The molecule has 3 aliphatic carbocycles. The molecule has 0 N–H and O–H groups in total. The minimum absolute atomic E-state index is 0.410. The second-order valence-electron chi connectivity index (χ2n) is 13.8. The molecule has 0 bridgehead atoms. The van der Waals surface area contributed by atoms with Crippen LogP contribution in [0.2, 0.25) is 18.1 Å². The molecule has 0 spiro atoms. The van der Waals surface area contributed by atoms with Gasteiger partial charge in [-0.15, -0.1) is 0 Å². The first-order chi connectivity index (χ1) is 17.6. The van der Waals surface area contributed by atoms with Gasteiger partial charge in [-0.3, -0.25) is 0 Å². The van der Waals surface area contributed by atoms with Crippen molar-refractivity contribution in [3.63, 3.8) is 0 Å². The molecule has 0 amide bonds. The Labute approximate surface area is 233 Å². The van der Waals surface area contributed by atoms with E-state index in [2.05, 4.69) is 74.1 Å². The van der Waals surface area contributed by atoms with Gasteiger partial charge in [0.2, 0.25) is 0 Å². The summed E-state index contributed by atoms with van der Waals surface area (Å²) in [5, 5.41) is 0. The third-order valence-electron chi connectivity index (χ3n) is 11.7. The summed E-state index contributed by atoms with van der Waals surface area (Å²) in [6, 6.07) is 3.74. The van der Waals surface area contributed by atoms with Gasteiger partial charge < -0.3 is 4.43 Å². The molecule has 1 nitrogen and oxygen atoms in total. The van der Waals surface area contributed by atoms with Crippen LogP contribution in [0, 0.1) is 35.0 Å². The average Bonchev–Trinajstić information content (AvgIpc) is 3.25. The Morgan fingerprint density at radius 2 is 1.68 bits per heavy atom. The van der Waals surface area contributed by atoms with E-state index in [-0.39, 0.29) is 0 Å². The second kappa shape index (κ2) is 13.6. The fourth-order valence-electron chi connectivity index (χ4n) is 8.74. The van der Waals surface area contributed by atoms with E-state index in [4.69, 9.17) is 4.43 Å². The normalized spacial score (nSPS) is 32.8. The topological polar surface area (TPSA) is 9.23 Å². The molecule has 3 aliphatic rings. The molecule has 0 heterocycles. The second-order valence-corrected chi connectivity index (χ2v) is 18.5. The third kappa shape index (κ3) is 7.13. The largest absolute Gasteiger partial charge is 0.414 e. The summed E-state index contributed by atoms with van der Waals surface area (Å²) in [7, 11) is -1.55. The van der Waals surface area contributed by atoms with E-state index in [1.165, 1.54) is 80.6 Å². The molecule has 0 saturated heterocycles. The molecule has 0 aliphatic heterocycles. The van der Waals surface area contributed by atoms with Gasteiger partial charge in [0.15, 0.2) is 8.32 Å². The highest BCUT2D eigenvalue weighted by Gasteiger charge is 2.50. The van der Waals surface area contributed by atoms with E-state index in [0.717, 1.165) is 48.9 Å². The van der Waals surface area contributed by atoms with Crippen molar-refractivity contribution in [2.24, 2.45) is 35.0 Å². The van der Waals surface area contributed by atoms with Crippen LogP contribution < -0.4 is 0 Å². The predicted molar refractivity (Wildman–Crippen MR) is 166 cm³/mol. The van der Waals surface area contributed by atoms with Crippen LogP contribution in [0.25, 0.3) is 0 Å². The van der Waals surface area contributed by atoms with Crippen LogP contribution in [0.15, 0.2) is 35.5 Å². The third-order valence-corrected chi connectivity index (χ3v) is 16.4. The minimum atomic E-state index is -1.55. The summed E-state index contributed by atoms with van der Waals surface area (Å²) in [4.78, 5) is 0. The Kier molecular flexibility index (Phi) is 11.4. The summed E-state index contributed by atoms with van der Waals surface area (Å²) in [6.45, 7) is 24.0. The number of rotatable bonds is 12. The molecule has 2 heteroatoms. The van der Waals surface area contributed by atoms with E-state index < -0.39 is 8.32 Å². The van der Waals surface area contributed by atoms with Crippen LogP contribution in [0.4, 0.5) is 0 Å². The highest BCUT2D eigenvalue weighted by Crippen LogP contribution is 2.60. The monoisotopic (exact) mass is 526 g/mol. The lowest BCUT2D eigenvalue weighted by molar-refractivity contribution is 0.0900. The molecule has 37 heavy (non-hydrogen) atoms. The van der Waals surface area contributed by atoms with Gasteiger partial charge >= 0.3 is 0 Å². The molecule has 0 aromatic heterocycles. The first-order valence-electron chi connectivity index (χ1n) is 16.4. The van der Waals surface area contributed by atoms with E-state index >= 15 is 0 Å². The number of hydrogen-bond donors (Lipinski definition) is 0. The molecule has 3 fully saturated rings. The van der Waals surface area contributed by atoms with Gasteiger partial charge in [-0.1, -0.05) is 98.1 Å². The fraction of sp³-hybridized carbons (Fsp3) is 0.829. The molecule has 3 saturated carbocycles. The Morgan fingerprint density at radius 1 is 0.973 bits per heavy atom. The van der Waals surface area contributed by atoms with Crippen LogP contribution in [0.1, 0.15) is 126 Å². The predicted octanol–water partition coefficient (Wildman–Crippen LogP) is 11.3. The lowest BCUT2D eigenvalue weighted by Gasteiger charge is -2.44. The van der Waals surface area contributed by atoms with Crippen LogP contribution in [-0.4, -0.2) is 14.4 Å². The first kappa shape index (κ1) is 30.9. The van der Waals surface area contributed by atoms with Crippen LogP contribution in [0.5, 0.6) is 0 Å². The van der Waals surface area contributed by atoms with Crippen molar-refractivity contribution >= 4 is 8.32 Å². The molecule has 212 valence electrons. The van der Waals surface area contributed by atoms with Crippen molar-refractivity contribution in [3.05, 3.63) is 35.5 Å². The van der Waals surface area contributed by atoms with Crippen molar-refractivity contribution in [2.75, 3.05) is 0 Å². The summed E-state index contributed by atoms with van der Waals surface area (Å²) >= 11 is 0. The van der Waals surface area contributed by atoms with Crippen LogP contribution in [0.3, 0.4) is 0 Å². The Morgan fingerprint density at radius 3 is 2.30 bits per heavy atom. The zero-order valence-electron chi connectivity index (χ0n) is 26.1. The standard InChI is InChI=1S/C35H62OSi/c1-10-29(26(5)6)18-16-28(8)33-22-23-34-30(15-14-24-35(33,34)9)19-20-31-25-32(21-17-27(31)7)36-37(11-2,12-3)13-4/h19-20,26,28-29,32-34H,7,10-18,21-25H2,1-6,8-9H3/b30-19+,31-20+/t28-,29-,32+,33-,34+,35-/m1/s1.